The SMILES string of the molecule is CC1(CNC#N)CC1. The van der Waals surface area contributed by atoms with Crippen molar-refractivity contribution >= 4 is 0 Å². The minimum Gasteiger partial charge on any atom is -0.323 e. The number of nitrogens with one attached hydrogen (secondary N) is 1. The minimum atomic E-state index is 0.468. The Labute approximate surface area is 49.5 Å². The van der Waals surface area contributed by atoms with Crippen molar-refractivity contribution in [2.45, 2.75) is 19.8 Å². The van der Waals surface area contributed by atoms with E-state index in [2.05, 4.69) is 12.2 Å². The predicted molar refractivity (Wildman–Crippen MR) is 31.0 cm³/mol. The second-order valence-corrected chi connectivity index (χ2v) is 2.78. The van der Waals surface area contributed by atoms with Crippen LogP contribution >= 0.6 is 0 Å². The van der Waals surface area contributed by atoms with Crippen LogP contribution in [0.2, 0.25) is 0 Å². The van der Waals surface area contributed by atoms with E-state index < -0.39 is 0 Å². The average Bonchev–Trinajstić information content (AvgIpc) is 2.45. The van der Waals surface area contributed by atoms with Gasteiger partial charge in [-0.25, -0.2) is 0 Å². The van der Waals surface area contributed by atoms with Gasteiger partial charge in [-0.15, -0.1) is 0 Å². The molecule has 0 aliphatic heterocycles. The summed E-state index contributed by atoms with van der Waals surface area (Å²) in [6.07, 6.45) is 4.47. The molecule has 0 aromatic rings. The van der Waals surface area contributed by atoms with Crippen LogP contribution in [0.25, 0.3) is 0 Å². The van der Waals surface area contributed by atoms with Crippen molar-refractivity contribution in [3.05, 3.63) is 0 Å². The molecule has 0 bridgehead atoms. The van der Waals surface area contributed by atoms with E-state index in [0.717, 1.165) is 6.54 Å². The molecule has 0 aromatic carbocycles. The molecule has 1 saturated carbocycles. The molecule has 2 heteroatoms. The summed E-state index contributed by atoms with van der Waals surface area (Å²) < 4.78 is 0. The lowest BCUT2D eigenvalue weighted by atomic mass is 10.1. The summed E-state index contributed by atoms with van der Waals surface area (Å²) in [6, 6.07) is 0. The van der Waals surface area contributed by atoms with Crippen molar-refractivity contribution < 1.29 is 0 Å². The minimum absolute atomic E-state index is 0.468. The summed E-state index contributed by atoms with van der Waals surface area (Å²) in [5, 5.41) is 10.8. The molecule has 0 radical (unpaired) electrons. The number of rotatable bonds is 2. The normalized spacial score (nSPS) is 21.5. The largest absolute Gasteiger partial charge is 0.323 e. The van der Waals surface area contributed by atoms with Gasteiger partial charge in [0, 0.05) is 6.54 Å². The van der Waals surface area contributed by atoms with Crippen LogP contribution in [0, 0.1) is 16.9 Å². The summed E-state index contributed by atoms with van der Waals surface area (Å²) in [5.41, 5.74) is 0.468. The molecule has 8 heavy (non-hydrogen) atoms. The Hall–Kier alpha value is -0.710. The molecule has 1 N–H and O–H groups in total. The molecule has 1 rings (SSSR count). The third-order valence-corrected chi connectivity index (χ3v) is 1.70. The highest BCUT2D eigenvalue weighted by Gasteiger charge is 2.36. The lowest BCUT2D eigenvalue weighted by Crippen LogP contribution is -2.15. The fourth-order valence-electron chi connectivity index (χ4n) is 0.643. The zero-order valence-corrected chi connectivity index (χ0v) is 5.07. The summed E-state index contributed by atoms with van der Waals surface area (Å²) in [4.78, 5) is 0. The van der Waals surface area contributed by atoms with E-state index in [0.29, 0.717) is 5.41 Å². The Morgan fingerprint density at radius 3 is 2.75 bits per heavy atom. The van der Waals surface area contributed by atoms with E-state index in [1.807, 2.05) is 6.19 Å². The van der Waals surface area contributed by atoms with Gasteiger partial charge in [0.25, 0.3) is 0 Å². The lowest BCUT2D eigenvalue weighted by Gasteiger charge is -2.02. The van der Waals surface area contributed by atoms with Crippen molar-refractivity contribution in [2.24, 2.45) is 5.41 Å². The van der Waals surface area contributed by atoms with Gasteiger partial charge >= 0.3 is 0 Å². The summed E-state index contributed by atoms with van der Waals surface area (Å²) in [5.74, 6) is 0. The van der Waals surface area contributed by atoms with Crippen molar-refractivity contribution in [1.29, 1.82) is 5.26 Å². The molecule has 1 aliphatic carbocycles. The molecule has 1 fully saturated rings. The Bertz CT molecular complexity index is 119. The Balaban J connectivity index is 2.12. The molecule has 0 atom stereocenters. The first-order chi connectivity index (χ1) is 3.77. The molecule has 44 valence electrons. The third-order valence-electron chi connectivity index (χ3n) is 1.70. The zero-order chi connectivity index (χ0) is 6.04. The van der Waals surface area contributed by atoms with Crippen molar-refractivity contribution in [1.82, 2.24) is 5.32 Å². The molecular formula is C6H10N2. The zero-order valence-electron chi connectivity index (χ0n) is 5.07. The van der Waals surface area contributed by atoms with Gasteiger partial charge in [0.2, 0.25) is 0 Å². The monoisotopic (exact) mass is 110 g/mol. The molecule has 0 unspecified atom stereocenters. The van der Waals surface area contributed by atoms with E-state index in [1.165, 1.54) is 12.8 Å². The Kier molecular flexibility index (Phi) is 1.13. The van der Waals surface area contributed by atoms with Crippen LogP contribution in [-0.4, -0.2) is 6.54 Å². The van der Waals surface area contributed by atoms with Crippen LogP contribution in [0.3, 0.4) is 0 Å². The van der Waals surface area contributed by atoms with Gasteiger partial charge < -0.3 is 5.32 Å². The van der Waals surface area contributed by atoms with Crippen LogP contribution in [0.5, 0.6) is 0 Å². The molecule has 1 aliphatic rings. The maximum Gasteiger partial charge on any atom is 0.176 e. The highest BCUT2D eigenvalue weighted by atomic mass is 14.9. The first-order valence-corrected chi connectivity index (χ1v) is 2.89. The fraction of sp³-hybridized carbons (Fsp3) is 0.833. The van der Waals surface area contributed by atoms with Crippen molar-refractivity contribution in [2.75, 3.05) is 6.54 Å². The van der Waals surface area contributed by atoms with E-state index in [-0.39, 0.29) is 0 Å². The fourth-order valence-corrected chi connectivity index (χ4v) is 0.643. The summed E-state index contributed by atoms with van der Waals surface area (Å²) in [7, 11) is 0. The van der Waals surface area contributed by atoms with E-state index in [9.17, 15) is 0 Å². The Morgan fingerprint density at radius 2 is 2.38 bits per heavy atom. The number of nitriles is 1. The van der Waals surface area contributed by atoms with Gasteiger partial charge in [-0.3, -0.25) is 0 Å². The smallest absolute Gasteiger partial charge is 0.176 e. The number of nitrogens with zero attached hydrogens (tertiary/aromatic N) is 1. The van der Waals surface area contributed by atoms with Crippen molar-refractivity contribution in [3.63, 3.8) is 0 Å². The molecule has 0 aromatic heterocycles. The lowest BCUT2D eigenvalue weighted by molar-refractivity contribution is 0.549. The predicted octanol–water partition coefficient (Wildman–Crippen LogP) is 0.857. The number of hydrogen-bond acceptors (Lipinski definition) is 2. The standard InChI is InChI=1S/C6H10N2/c1-6(2-3-6)4-8-5-7/h8H,2-4H2,1H3. The second-order valence-electron chi connectivity index (χ2n) is 2.78. The summed E-state index contributed by atoms with van der Waals surface area (Å²) in [6.45, 7) is 3.06. The topological polar surface area (TPSA) is 35.8 Å². The van der Waals surface area contributed by atoms with Gasteiger partial charge in [0.1, 0.15) is 0 Å². The molecular weight excluding hydrogens is 100 g/mol. The van der Waals surface area contributed by atoms with Crippen LogP contribution in [0.1, 0.15) is 19.8 Å². The first kappa shape index (κ1) is 5.43. The maximum atomic E-state index is 8.10. The maximum absolute atomic E-state index is 8.10. The van der Waals surface area contributed by atoms with Crippen LogP contribution in [0.4, 0.5) is 0 Å². The van der Waals surface area contributed by atoms with Gasteiger partial charge in [-0.1, -0.05) is 6.92 Å². The second kappa shape index (κ2) is 1.66. The highest BCUT2D eigenvalue weighted by molar-refractivity contribution is 4.91. The third kappa shape index (κ3) is 1.13. The average molecular weight is 110 g/mol. The van der Waals surface area contributed by atoms with Crippen LogP contribution in [0.15, 0.2) is 0 Å². The quantitative estimate of drug-likeness (QED) is 0.422. The molecule has 2 nitrogen and oxygen atoms in total. The number of hydrogen-bond donors (Lipinski definition) is 1. The highest BCUT2D eigenvalue weighted by Crippen LogP contribution is 2.43. The van der Waals surface area contributed by atoms with Gasteiger partial charge in [-0.05, 0) is 18.3 Å². The first-order valence-electron chi connectivity index (χ1n) is 2.89. The van der Waals surface area contributed by atoms with Gasteiger partial charge in [0.05, 0.1) is 0 Å². The van der Waals surface area contributed by atoms with Gasteiger partial charge in [0.15, 0.2) is 6.19 Å². The van der Waals surface area contributed by atoms with Crippen LogP contribution in [-0.2, 0) is 0 Å². The van der Waals surface area contributed by atoms with Crippen molar-refractivity contribution in [3.8, 4) is 6.19 Å². The van der Waals surface area contributed by atoms with Crippen LogP contribution < -0.4 is 5.32 Å². The van der Waals surface area contributed by atoms with E-state index in [4.69, 9.17) is 5.26 Å². The molecule has 0 saturated heterocycles. The van der Waals surface area contributed by atoms with Gasteiger partial charge in [-0.2, -0.15) is 5.26 Å². The molecule has 0 amide bonds. The molecule has 0 spiro atoms. The Morgan fingerprint density at radius 1 is 1.75 bits per heavy atom. The molecule has 0 heterocycles. The summed E-state index contributed by atoms with van der Waals surface area (Å²) >= 11 is 0. The van der Waals surface area contributed by atoms with E-state index in [1.54, 1.807) is 0 Å². The van der Waals surface area contributed by atoms with E-state index >= 15 is 0 Å².